The third-order valence-electron chi connectivity index (χ3n) is 1.85. The van der Waals surface area contributed by atoms with Crippen molar-refractivity contribution in [1.29, 1.82) is 0 Å². The summed E-state index contributed by atoms with van der Waals surface area (Å²) in [5.41, 5.74) is 0. The first-order chi connectivity index (χ1) is 6.26. The van der Waals surface area contributed by atoms with Crippen LogP contribution in [0.5, 0.6) is 0 Å². The SMILES string of the molecule is CCN(CCBr)Cc1cc(Br)cs1. The van der Waals surface area contributed by atoms with Gasteiger partial charge in [0.25, 0.3) is 0 Å². The minimum atomic E-state index is 1.05. The number of halogens is 2. The zero-order chi connectivity index (χ0) is 9.68. The van der Waals surface area contributed by atoms with Crippen molar-refractivity contribution in [2.24, 2.45) is 0 Å². The number of hydrogen-bond acceptors (Lipinski definition) is 2. The molecule has 0 bridgehead atoms. The zero-order valence-electron chi connectivity index (χ0n) is 7.59. The van der Waals surface area contributed by atoms with Crippen LogP contribution < -0.4 is 0 Å². The highest BCUT2D eigenvalue weighted by Crippen LogP contribution is 2.20. The molecule has 0 saturated heterocycles. The fourth-order valence-corrected chi connectivity index (χ4v) is 3.12. The highest BCUT2D eigenvalue weighted by atomic mass is 79.9. The second-order valence-corrected chi connectivity index (χ2v) is 5.49. The van der Waals surface area contributed by atoms with E-state index in [4.69, 9.17) is 0 Å². The van der Waals surface area contributed by atoms with E-state index >= 15 is 0 Å². The monoisotopic (exact) mass is 325 g/mol. The van der Waals surface area contributed by atoms with Crippen LogP contribution in [-0.4, -0.2) is 23.3 Å². The normalized spacial score (nSPS) is 11.1. The summed E-state index contributed by atoms with van der Waals surface area (Å²) in [6, 6.07) is 2.20. The molecule has 0 saturated carbocycles. The van der Waals surface area contributed by atoms with Crippen LogP contribution in [0, 0.1) is 0 Å². The van der Waals surface area contributed by atoms with Crippen molar-refractivity contribution >= 4 is 43.2 Å². The Labute approximate surface area is 100 Å². The van der Waals surface area contributed by atoms with Gasteiger partial charge >= 0.3 is 0 Å². The Balaban J connectivity index is 2.46. The predicted molar refractivity (Wildman–Crippen MR) is 66.8 cm³/mol. The molecule has 1 aromatic rings. The highest BCUT2D eigenvalue weighted by molar-refractivity contribution is 9.10. The maximum absolute atomic E-state index is 3.47. The lowest BCUT2D eigenvalue weighted by Gasteiger charge is -2.17. The molecule has 0 radical (unpaired) electrons. The van der Waals surface area contributed by atoms with Crippen molar-refractivity contribution < 1.29 is 0 Å². The molecule has 1 rings (SSSR count). The van der Waals surface area contributed by atoms with Gasteiger partial charge in [0.05, 0.1) is 0 Å². The van der Waals surface area contributed by atoms with E-state index in [9.17, 15) is 0 Å². The smallest absolute Gasteiger partial charge is 0.0328 e. The summed E-state index contributed by atoms with van der Waals surface area (Å²) in [7, 11) is 0. The summed E-state index contributed by atoms with van der Waals surface area (Å²) in [6.45, 7) is 5.50. The van der Waals surface area contributed by atoms with E-state index in [-0.39, 0.29) is 0 Å². The molecule has 0 N–H and O–H groups in total. The molecule has 0 aliphatic heterocycles. The predicted octanol–water partition coefficient (Wildman–Crippen LogP) is 3.73. The number of rotatable bonds is 5. The molecule has 4 heteroatoms. The first kappa shape index (κ1) is 11.7. The quantitative estimate of drug-likeness (QED) is 0.745. The maximum Gasteiger partial charge on any atom is 0.0328 e. The van der Waals surface area contributed by atoms with E-state index in [1.165, 1.54) is 9.35 Å². The summed E-state index contributed by atoms with van der Waals surface area (Å²) in [5, 5.41) is 3.19. The Morgan fingerprint density at radius 1 is 1.54 bits per heavy atom. The van der Waals surface area contributed by atoms with Crippen LogP contribution in [0.3, 0.4) is 0 Å². The van der Waals surface area contributed by atoms with E-state index in [1.807, 2.05) is 11.3 Å². The van der Waals surface area contributed by atoms with Gasteiger partial charge in [-0.25, -0.2) is 0 Å². The number of nitrogens with zero attached hydrogens (tertiary/aromatic N) is 1. The summed E-state index contributed by atoms with van der Waals surface area (Å²) >= 11 is 8.74. The lowest BCUT2D eigenvalue weighted by atomic mass is 10.4. The van der Waals surface area contributed by atoms with Crippen molar-refractivity contribution in [3.63, 3.8) is 0 Å². The molecule has 74 valence electrons. The van der Waals surface area contributed by atoms with Gasteiger partial charge in [0.2, 0.25) is 0 Å². The molecule has 0 unspecified atom stereocenters. The molecule has 13 heavy (non-hydrogen) atoms. The first-order valence-corrected chi connectivity index (χ1v) is 7.07. The average Bonchev–Trinajstić information content (AvgIpc) is 2.50. The topological polar surface area (TPSA) is 3.24 Å². The maximum atomic E-state index is 3.47. The van der Waals surface area contributed by atoms with Crippen LogP contribution in [-0.2, 0) is 6.54 Å². The molecule has 0 atom stereocenters. The Bertz CT molecular complexity index is 250. The lowest BCUT2D eigenvalue weighted by Crippen LogP contribution is -2.24. The third kappa shape index (κ3) is 4.11. The molecule has 0 amide bonds. The van der Waals surface area contributed by atoms with Gasteiger partial charge in [-0.2, -0.15) is 0 Å². The summed E-state index contributed by atoms with van der Waals surface area (Å²) in [5.74, 6) is 0. The van der Waals surface area contributed by atoms with Crippen LogP contribution in [0.15, 0.2) is 15.9 Å². The molecular formula is C9H13Br2NS. The van der Waals surface area contributed by atoms with E-state index < -0.39 is 0 Å². The van der Waals surface area contributed by atoms with E-state index in [2.05, 4.69) is 55.1 Å². The van der Waals surface area contributed by atoms with Gasteiger partial charge in [-0.1, -0.05) is 22.9 Å². The van der Waals surface area contributed by atoms with Gasteiger partial charge in [0.15, 0.2) is 0 Å². The average molecular weight is 327 g/mol. The van der Waals surface area contributed by atoms with Crippen LogP contribution in [0.25, 0.3) is 0 Å². The van der Waals surface area contributed by atoms with Crippen LogP contribution in [0.1, 0.15) is 11.8 Å². The van der Waals surface area contributed by atoms with Gasteiger partial charge in [-0.05, 0) is 28.5 Å². The van der Waals surface area contributed by atoms with Crippen molar-refractivity contribution in [2.75, 3.05) is 18.4 Å². The van der Waals surface area contributed by atoms with Crippen LogP contribution >= 0.6 is 43.2 Å². The van der Waals surface area contributed by atoms with Crippen molar-refractivity contribution in [1.82, 2.24) is 4.90 Å². The van der Waals surface area contributed by atoms with Crippen molar-refractivity contribution in [2.45, 2.75) is 13.5 Å². The van der Waals surface area contributed by atoms with Gasteiger partial charge in [-0.15, -0.1) is 11.3 Å². The van der Waals surface area contributed by atoms with Crippen molar-refractivity contribution in [3.05, 3.63) is 20.8 Å². The van der Waals surface area contributed by atoms with Gasteiger partial charge in [-0.3, -0.25) is 4.90 Å². The van der Waals surface area contributed by atoms with Crippen molar-refractivity contribution in [3.8, 4) is 0 Å². The highest BCUT2D eigenvalue weighted by Gasteiger charge is 2.04. The lowest BCUT2D eigenvalue weighted by molar-refractivity contribution is 0.302. The Hall–Kier alpha value is 0.620. The summed E-state index contributed by atoms with van der Waals surface area (Å²) < 4.78 is 1.20. The Morgan fingerprint density at radius 3 is 2.77 bits per heavy atom. The molecule has 0 spiro atoms. The molecular weight excluding hydrogens is 314 g/mol. The van der Waals surface area contributed by atoms with E-state index in [1.54, 1.807) is 0 Å². The molecule has 1 heterocycles. The first-order valence-electron chi connectivity index (χ1n) is 4.27. The standard InChI is InChI=1S/C9H13Br2NS/c1-2-12(4-3-10)6-9-5-8(11)7-13-9/h5,7H,2-4,6H2,1H3. The minimum Gasteiger partial charge on any atom is -0.298 e. The summed E-state index contributed by atoms with van der Waals surface area (Å²) in [6.07, 6.45) is 0. The van der Waals surface area contributed by atoms with E-state index in [0.717, 1.165) is 25.0 Å². The minimum absolute atomic E-state index is 1.05. The third-order valence-corrected chi connectivity index (χ3v) is 3.89. The molecule has 0 fully saturated rings. The second kappa shape index (κ2) is 6.17. The molecule has 0 aliphatic rings. The molecule has 1 aromatic heterocycles. The Kier molecular flexibility index (Phi) is 5.55. The zero-order valence-corrected chi connectivity index (χ0v) is 11.6. The Morgan fingerprint density at radius 2 is 2.31 bits per heavy atom. The number of thiophene rings is 1. The van der Waals surface area contributed by atoms with Gasteiger partial charge in [0, 0.05) is 33.1 Å². The van der Waals surface area contributed by atoms with Crippen LogP contribution in [0.2, 0.25) is 0 Å². The number of hydrogen-bond donors (Lipinski definition) is 0. The van der Waals surface area contributed by atoms with Gasteiger partial charge in [0.1, 0.15) is 0 Å². The number of alkyl halides is 1. The summed E-state index contributed by atoms with van der Waals surface area (Å²) in [4.78, 5) is 3.85. The fourth-order valence-electron chi connectivity index (χ4n) is 1.13. The van der Waals surface area contributed by atoms with E-state index in [0.29, 0.717) is 0 Å². The largest absolute Gasteiger partial charge is 0.298 e. The van der Waals surface area contributed by atoms with Gasteiger partial charge < -0.3 is 0 Å². The molecule has 1 nitrogen and oxygen atoms in total. The fraction of sp³-hybridized carbons (Fsp3) is 0.556. The molecule has 0 aromatic carbocycles. The van der Waals surface area contributed by atoms with Crippen LogP contribution in [0.4, 0.5) is 0 Å². The second-order valence-electron chi connectivity index (χ2n) is 2.79. The molecule has 0 aliphatic carbocycles.